The molecule has 0 heterocycles. The van der Waals surface area contributed by atoms with Crippen LogP contribution in [0.15, 0.2) is 42.5 Å². The Morgan fingerprint density at radius 2 is 1.70 bits per heavy atom. The highest BCUT2D eigenvalue weighted by Crippen LogP contribution is 2.39. The van der Waals surface area contributed by atoms with E-state index in [0.29, 0.717) is 5.92 Å². The zero-order valence-electron chi connectivity index (χ0n) is 16.8. The molecule has 0 spiro atoms. The zero-order chi connectivity index (χ0) is 19.2. The van der Waals surface area contributed by atoms with Crippen molar-refractivity contribution in [2.75, 3.05) is 5.73 Å². The van der Waals surface area contributed by atoms with Crippen LogP contribution in [0.4, 0.5) is 5.69 Å². The van der Waals surface area contributed by atoms with Crippen molar-refractivity contribution in [2.45, 2.75) is 71.1 Å². The molecule has 0 bridgehead atoms. The maximum Gasteiger partial charge on any atom is 0.159 e. The molecule has 0 amide bonds. The van der Waals surface area contributed by atoms with Crippen LogP contribution in [-0.2, 0) is 0 Å². The van der Waals surface area contributed by atoms with E-state index in [2.05, 4.69) is 25.1 Å². The van der Waals surface area contributed by atoms with E-state index < -0.39 is 0 Å². The lowest BCUT2D eigenvalue weighted by Gasteiger charge is -2.29. The predicted octanol–water partition coefficient (Wildman–Crippen LogP) is 6.99. The monoisotopic (exact) mass is 363 g/mol. The number of hydrogen-bond donors (Lipinski definition) is 1. The minimum absolute atomic E-state index is 0.0927. The summed E-state index contributed by atoms with van der Waals surface area (Å²) in [6, 6.07) is 14.3. The number of nitrogen functional groups attached to an aromatic ring is 1. The van der Waals surface area contributed by atoms with Gasteiger partial charge >= 0.3 is 0 Å². The molecule has 2 N–H and O–H groups in total. The van der Waals surface area contributed by atoms with Crippen LogP contribution in [0.2, 0.25) is 0 Å². The van der Waals surface area contributed by atoms with Crippen molar-refractivity contribution in [3.8, 4) is 11.1 Å². The Kier molecular flexibility index (Phi) is 6.71. The minimum Gasteiger partial charge on any atom is -0.398 e. The third kappa shape index (κ3) is 5.00. The Morgan fingerprint density at radius 3 is 2.30 bits per heavy atom. The van der Waals surface area contributed by atoms with Crippen LogP contribution in [0.3, 0.4) is 0 Å². The molecule has 0 saturated heterocycles. The van der Waals surface area contributed by atoms with Gasteiger partial charge in [-0.2, -0.15) is 0 Å². The fourth-order valence-corrected chi connectivity index (χ4v) is 4.45. The number of ketones is 1. The van der Waals surface area contributed by atoms with Gasteiger partial charge in [0.05, 0.1) is 0 Å². The molecule has 0 unspecified atom stereocenters. The van der Waals surface area contributed by atoms with Gasteiger partial charge in [0.1, 0.15) is 0 Å². The van der Waals surface area contributed by atoms with Gasteiger partial charge < -0.3 is 5.73 Å². The molecular weight excluding hydrogens is 330 g/mol. The number of carbonyl (C=O) groups excluding carboxylic acids is 1. The molecular formula is C25H33NO. The van der Waals surface area contributed by atoms with Gasteiger partial charge in [0.25, 0.3) is 0 Å². The van der Waals surface area contributed by atoms with E-state index in [4.69, 9.17) is 5.73 Å². The number of unbranched alkanes of at least 4 members (excludes halogenated alkanes) is 2. The SMILES string of the molecule is CCCCCC1CCC(c2ccc(-c3ccc(C(C)=O)cc3)c(N)c2)CC1. The third-order valence-corrected chi connectivity index (χ3v) is 6.21. The molecule has 1 fully saturated rings. The average molecular weight is 364 g/mol. The van der Waals surface area contributed by atoms with Crippen molar-refractivity contribution < 1.29 is 4.79 Å². The Bertz CT molecular complexity index is 754. The fourth-order valence-electron chi connectivity index (χ4n) is 4.45. The van der Waals surface area contributed by atoms with Crippen LogP contribution in [0, 0.1) is 5.92 Å². The van der Waals surface area contributed by atoms with E-state index in [1.165, 1.54) is 56.9 Å². The van der Waals surface area contributed by atoms with Gasteiger partial charge in [-0.25, -0.2) is 0 Å². The van der Waals surface area contributed by atoms with E-state index in [1.54, 1.807) is 6.92 Å². The molecule has 1 aliphatic rings. The molecule has 0 atom stereocenters. The molecule has 1 aliphatic carbocycles. The largest absolute Gasteiger partial charge is 0.398 e. The molecule has 2 aromatic carbocycles. The summed E-state index contributed by atoms with van der Waals surface area (Å²) >= 11 is 0. The fraction of sp³-hybridized carbons (Fsp3) is 0.480. The lowest BCUT2D eigenvalue weighted by atomic mass is 9.76. The van der Waals surface area contributed by atoms with Crippen molar-refractivity contribution >= 4 is 11.5 Å². The highest BCUT2D eigenvalue weighted by molar-refractivity contribution is 5.94. The quantitative estimate of drug-likeness (QED) is 0.327. The van der Waals surface area contributed by atoms with Crippen LogP contribution >= 0.6 is 0 Å². The zero-order valence-corrected chi connectivity index (χ0v) is 16.8. The summed E-state index contributed by atoms with van der Waals surface area (Å²) in [5.41, 5.74) is 11.5. The Hall–Kier alpha value is -2.09. The minimum atomic E-state index is 0.0927. The summed E-state index contributed by atoms with van der Waals surface area (Å²) in [5.74, 6) is 1.68. The Labute approximate surface area is 164 Å². The smallest absolute Gasteiger partial charge is 0.159 e. The molecule has 0 radical (unpaired) electrons. The molecule has 2 nitrogen and oxygen atoms in total. The second kappa shape index (κ2) is 9.21. The van der Waals surface area contributed by atoms with E-state index in [-0.39, 0.29) is 5.78 Å². The van der Waals surface area contributed by atoms with E-state index in [9.17, 15) is 4.79 Å². The molecule has 2 heteroatoms. The summed E-state index contributed by atoms with van der Waals surface area (Å²) in [6.07, 6.45) is 10.8. The molecule has 27 heavy (non-hydrogen) atoms. The van der Waals surface area contributed by atoms with Gasteiger partial charge in [-0.05, 0) is 61.6 Å². The first kappa shape index (κ1) is 19.7. The standard InChI is InChI=1S/C25H33NO/c1-3-4-5-6-19-7-9-21(10-8-19)23-15-16-24(25(26)17-23)22-13-11-20(12-14-22)18(2)27/h11-17,19,21H,3-10,26H2,1-2H3. The van der Waals surface area contributed by atoms with Gasteiger partial charge in [-0.1, -0.05) is 69.0 Å². The molecule has 1 saturated carbocycles. The van der Waals surface area contributed by atoms with Crippen LogP contribution < -0.4 is 5.73 Å². The summed E-state index contributed by atoms with van der Waals surface area (Å²) in [6.45, 7) is 3.87. The molecule has 2 aromatic rings. The van der Waals surface area contributed by atoms with Crippen LogP contribution in [0.1, 0.15) is 87.1 Å². The maximum absolute atomic E-state index is 11.5. The van der Waals surface area contributed by atoms with Gasteiger partial charge in [0.2, 0.25) is 0 Å². The van der Waals surface area contributed by atoms with E-state index >= 15 is 0 Å². The number of Topliss-reactive ketones (excluding diaryl/α,β-unsaturated/α-hetero) is 1. The molecule has 0 aromatic heterocycles. The molecule has 3 rings (SSSR count). The molecule has 144 valence electrons. The highest BCUT2D eigenvalue weighted by atomic mass is 16.1. The summed E-state index contributed by atoms with van der Waals surface area (Å²) < 4.78 is 0. The normalized spacial score (nSPS) is 19.8. The predicted molar refractivity (Wildman–Crippen MR) is 115 cm³/mol. The van der Waals surface area contributed by atoms with Crippen molar-refractivity contribution in [3.05, 3.63) is 53.6 Å². The Balaban J connectivity index is 1.64. The topological polar surface area (TPSA) is 43.1 Å². The number of rotatable bonds is 7. The van der Waals surface area contributed by atoms with Crippen molar-refractivity contribution in [2.24, 2.45) is 5.92 Å². The van der Waals surface area contributed by atoms with Gasteiger partial charge in [-0.15, -0.1) is 0 Å². The number of benzene rings is 2. The highest BCUT2D eigenvalue weighted by Gasteiger charge is 2.22. The summed E-state index contributed by atoms with van der Waals surface area (Å²) in [4.78, 5) is 11.5. The van der Waals surface area contributed by atoms with Crippen molar-refractivity contribution in [1.82, 2.24) is 0 Å². The Morgan fingerprint density at radius 1 is 1.00 bits per heavy atom. The van der Waals surface area contributed by atoms with Crippen LogP contribution in [0.25, 0.3) is 11.1 Å². The lowest BCUT2D eigenvalue weighted by Crippen LogP contribution is -2.13. The second-order valence-corrected chi connectivity index (χ2v) is 8.19. The van der Waals surface area contributed by atoms with Crippen LogP contribution in [0.5, 0.6) is 0 Å². The number of hydrogen-bond acceptors (Lipinski definition) is 2. The summed E-state index contributed by atoms with van der Waals surface area (Å²) in [5, 5.41) is 0. The lowest BCUT2D eigenvalue weighted by molar-refractivity contribution is 0.101. The first-order chi connectivity index (χ1) is 13.1. The van der Waals surface area contributed by atoms with Crippen molar-refractivity contribution in [3.63, 3.8) is 0 Å². The van der Waals surface area contributed by atoms with Crippen molar-refractivity contribution in [1.29, 1.82) is 0 Å². The number of nitrogens with two attached hydrogens (primary N) is 1. The van der Waals surface area contributed by atoms with Gasteiger partial charge in [-0.3, -0.25) is 4.79 Å². The van der Waals surface area contributed by atoms with Crippen LogP contribution in [-0.4, -0.2) is 5.78 Å². The average Bonchev–Trinajstić information content (AvgIpc) is 2.69. The van der Waals surface area contributed by atoms with Gasteiger partial charge in [0, 0.05) is 16.8 Å². The van der Waals surface area contributed by atoms with Gasteiger partial charge in [0.15, 0.2) is 5.78 Å². The third-order valence-electron chi connectivity index (χ3n) is 6.21. The first-order valence-corrected chi connectivity index (χ1v) is 10.6. The number of anilines is 1. The van der Waals surface area contributed by atoms with E-state index in [0.717, 1.165) is 28.3 Å². The maximum atomic E-state index is 11.5. The molecule has 0 aliphatic heterocycles. The summed E-state index contributed by atoms with van der Waals surface area (Å²) in [7, 11) is 0. The first-order valence-electron chi connectivity index (χ1n) is 10.6. The van der Waals surface area contributed by atoms with E-state index in [1.807, 2.05) is 24.3 Å². The second-order valence-electron chi connectivity index (χ2n) is 8.19. The number of carbonyl (C=O) groups is 1.